The van der Waals surface area contributed by atoms with Crippen LogP contribution in [-0.4, -0.2) is 16.7 Å². The average Bonchev–Trinajstić information content (AvgIpc) is 2.83. The predicted molar refractivity (Wildman–Crippen MR) is 70.2 cm³/mol. The van der Waals surface area contributed by atoms with Crippen molar-refractivity contribution in [3.8, 4) is 11.5 Å². The number of hydrogen-bond donors (Lipinski definition) is 1. The van der Waals surface area contributed by atoms with Gasteiger partial charge in [0.15, 0.2) is 5.58 Å². The third-order valence-electron chi connectivity index (χ3n) is 2.87. The molecule has 1 N–H and O–H groups in total. The van der Waals surface area contributed by atoms with Gasteiger partial charge in [0, 0.05) is 12.2 Å². The van der Waals surface area contributed by atoms with E-state index in [1.165, 1.54) is 0 Å². The summed E-state index contributed by atoms with van der Waals surface area (Å²) in [6.45, 7) is 0.144. The first-order chi connectivity index (χ1) is 8.86. The van der Waals surface area contributed by atoms with E-state index >= 15 is 0 Å². The van der Waals surface area contributed by atoms with Crippen molar-refractivity contribution >= 4 is 11.1 Å². The van der Waals surface area contributed by atoms with E-state index in [0.29, 0.717) is 12.3 Å². The number of hydrogen-bond acceptors (Lipinski definition) is 3. The summed E-state index contributed by atoms with van der Waals surface area (Å²) in [6, 6.07) is 15.7. The van der Waals surface area contributed by atoms with Gasteiger partial charge in [-0.15, -0.1) is 0 Å². The zero-order valence-corrected chi connectivity index (χ0v) is 9.84. The van der Waals surface area contributed by atoms with E-state index in [9.17, 15) is 0 Å². The summed E-state index contributed by atoms with van der Waals surface area (Å²) in [6.07, 6.45) is 0.636. The van der Waals surface area contributed by atoms with Crippen molar-refractivity contribution in [3.05, 3.63) is 54.1 Å². The first-order valence-electron chi connectivity index (χ1n) is 5.92. The molecular weight excluding hydrogens is 226 g/mol. The molecule has 0 saturated carbocycles. The summed E-state index contributed by atoms with van der Waals surface area (Å²) in [5, 5.41) is 8.93. The Hall–Kier alpha value is -2.13. The summed E-state index contributed by atoms with van der Waals surface area (Å²) in [5.41, 5.74) is 3.63. The molecule has 0 spiro atoms. The summed E-state index contributed by atoms with van der Waals surface area (Å²) in [4.78, 5) is 4.46. The molecule has 1 heterocycles. The van der Waals surface area contributed by atoms with Crippen molar-refractivity contribution in [1.29, 1.82) is 0 Å². The predicted octanol–water partition coefficient (Wildman–Crippen LogP) is 3.03. The van der Waals surface area contributed by atoms with Crippen molar-refractivity contribution in [2.45, 2.75) is 6.42 Å². The Morgan fingerprint density at radius 1 is 1.06 bits per heavy atom. The second kappa shape index (κ2) is 4.63. The Morgan fingerprint density at radius 2 is 1.89 bits per heavy atom. The Kier molecular flexibility index (Phi) is 2.82. The largest absolute Gasteiger partial charge is 0.436 e. The van der Waals surface area contributed by atoms with Gasteiger partial charge in [-0.2, -0.15) is 0 Å². The number of oxazole rings is 1. The molecule has 3 aromatic rings. The number of nitrogens with zero attached hydrogens (tertiary/aromatic N) is 1. The number of aliphatic hydroxyl groups excluding tert-OH is 1. The van der Waals surface area contributed by atoms with Crippen LogP contribution in [0.4, 0.5) is 0 Å². The Morgan fingerprint density at radius 3 is 2.67 bits per heavy atom. The van der Waals surface area contributed by atoms with Crippen LogP contribution in [0.2, 0.25) is 0 Å². The fraction of sp³-hybridized carbons (Fsp3) is 0.133. The molecule has 0 unspecified atom stereocenters. The lowest BCUT2D eigenvalue weighted by Gasteiger charge is -1.95. The summed E-state index contributed by atoms with van der Waals surface area (Å²) in [7, 11) is 0. The van der Waals surface area contributed by atoms with Gasteiger partial charge >= 0.3 is 0 Å². The normalized spacial score (nSPS) is 10.9. The highest BCUT2D eigenvalue weighted by Crippen LogP contribution is 2.24. The molecule has 3 rings (SSSR count). The van der Waals surface area contributed by atoms with Crippen molar-refractivity contribution in [3.63, 3.8) is 0 Å². The molecule has 2 aromatic carbocycles. The van der Waals surface area contributed by atoms with Gasteiger partial charge in [-0.05, 0) is 36.2 Å². The molecule has 0 saturated heterocycles. The molecule has 18 heavy (non-hydrogen) atoms. The maximum absolute atomic E-state index is 8.93. The van der Waals surface area contributed by atoms with E-state index in [2.05, 4.69) is 4.98 Å². The van der Waals surface area contributed by atoms with Gasteiger partial charge in [0.05, 0.1) is 0 Å². The minimum atomic E-state index is 0.144. The van der Waals surface area contributed by atoms with Gasteiger partial charge < -0.3 is 9.52 Å². The first kappa shape index (κ1) is 11.0. The van der Waals surface area contributed by atoms with Crippen LogP contribution in [0.25, 0.3) is 22.6 Å². The number of rotatable bonds is 3. The summed E-state index contributed by atoms with van der Waals surface area (Å²) < 4.78 is 5.75. The topological polar surface area (TPSA) is 46.3 Å². The Bertz CT molecular complexity index is 659. The number of aliphatic hydroxyl groups is 1. The molecule has 3 heteroatoms. The fourth-order valence-electron chi connectivity index (χ4n) is 1.96. The molecule has 0 bridgehead atoms. The summed E-state index contributed by atoms with van der Waals surface area (Å²) in [5.74, 6) is 0.631. The smallest absolute Gasteiger partial charge is 0.227 e. The van der Waals surface area contributed by atoms with Gasteiger partial charge in [-0.25, -0.2) is 4.98 Å². The third-order valence-corrected chi connectivity index (χ3v) is 2.87. The highest BCUT2D eigenvalue weighted by molar-refractivity contribution is 5.76. The van der Waals surface area contributed by atoms with Crippen molar-refractivity contribution < 1.29 is 9.52 Å². The average molecular weight is 239 g/mol. The molecule has 0 amide bonds. The molecule has 1 aromatic heterocycles. The van der Waals surface area contributed by atoms with Crippen LogP contribution in [0, 0.1) is 0 Å². The van der Waals surface area contributed by atoms with Crippen LogP contribution >= 0.6 is 0 Å². The lowest BCUT2D eigenvalue weighted by molar-refractivity contribution is 0.299. The van der Waals surface area contributed by atoms with Crippen LogP contribution in [0.5, 0.6) is 0 Å². The van der Waals surface area contributed by atoms with E-state index in [4.69, 9.17) is 9.52 Å². The number of benzene rings is 2. The zero-order chi connectivity index (χ0) is 12.4. The van der Waals surface area contributed by atoms with Crippen molar-refractivity contribution in [1.82, 2.24) is 4.98 Å². The molecule has 0 radical (unpaired) electrons. The third kappa shape index (κ3) is 2.00. The Labute approximate surface area is 105 Å². The van der Waals surface area contributed by atoms with Crippen LogP contribution in [0.3, 0.4) is 0 Å². The molecule has 3 nitrogen and oxygen atoms in total. The quantitative estimate of drug-likeness (QED) is 0.764. The summed E-state index contributed by atoms with van der Waals surface area (Å²) >= 11 is 0. The van der Waals surface area contributed by atoms with Crippen LogP contribution in [0.1, 0.15) is 5.56 Å². The van der Waals surface area contributed by atoms with Gasteiger partial charge in [-0.1, -0.05) is 24.3 Å². The minimum Gasteiger partial charge on any atom is -0.436 e. The van der Waals surface area contributed by atoms with Crippen molar-refractivity contribution in [2.24, 2.45) is 0 Å². The van der Waals surface area contributed by atoms with E-state index in [0.717, 1.165) is 22.2 Å². The minimum absolute atomic E-state index is 0.144. The zero-order valence-electron chi connectivity index (χ0n) is 9.84. The van der Waals surface area contributed by atoms with Gasteiger partial charge in [0.1, 0.15) is 5.52 Å². The first-order valence-corrected chi connectivity index (χ1v) is 5.92. The fourth-order valence-corrected chi connectivity index (χ4v) is 1.96. The highest BCUT2D eigenvalue weighted by Gasteiger charge is 2.07. The van der Waals surface area contributed by atoms with Gasteiger partial charge in [-0.3, -0.25) is 0 Å². The van der Waals surface area contributed by atoms with Crippen LogP contribution < -0.4 is 0 Å². The SMILES string of the molecule is OCCc1ccc2nc(-c3ccccc3)oc2c1. The highest BCUT2D eigenvalue weighted by atomic mass is 16.3. The second-order valence-corrected chi connectivity index (χ2v) is 4.16. The standard InChI is InChI=1S/C15H13NO2/c17-9-8-11-6-7-13-14(10-11)18-15(16-13)12-4-2-1-3-5-12/h1-7,10,17H,8-9H2. The maximum atomic E-state index is 8.93. The number of fused-ring (bicyclic) bond motifs is 1. The second-order valence-electron chi connectivity index (χ2n) is 4.16. The monoisotopic (exact) mass is 239 g/mol. The number of aromatic nitrogens is 1. The van der Waals surface area contributed by atoms with E-state index in [1.807, 2.05) is 48.5 Å². The van der Waals surface area contributed by atoms with Crippen LogP contribution in [0.15, 0.2) is 52.9 Å². The van der Waals surface area contributed by atoms with Crippen molar-refractivity contribution in [2.75, 3.05) is 6.61 Å². The molecule has 0 aliphatic heterocycles. The van der Waals surface area contributed by atoms with E-state index in [-0.39, 0.29) is 6.61 Å². The molecule has 0 fully saturated rings. The lowest BCUT2D eigenvalue weighted by Crippen LogP contribution is -1.89. The molecule has 0 aliphatic rings. The molecule has 90 valence electrons. The maximum Gasteiger partial charge on any atom is 0.227 e. The molecule has 0 atom stereocenters. The van der Waals surface area contributed by atoms with Gasteiger partial charge in [0.25, 0.3) is 0 Å². The lowest BCUT2D eigenvalue weighted by atomic mass is 10.1. The van der Waals surface area contributed by atoms with Crippen LogP contribution in [-0.2, 0) is 6.42 Å². The molecule has 0 aliphatic carbocycles. The Balaban J connectivity index is 2.06. The molecular formula is C15H13NO2. The van der Waals surface area contributed by atoms with E-state index < -0.39 is 0 Å². The van der Waals surface area contributed by atoms with E-state index in [1.54, 1.807) is 0 Å². The van der Waals surface area contributed by atoms with Gasteiger partial charge in [0.2, 0.25) is 5.89 Å².